The topological polar surface area (TPSA) is 83.7 Å². The zero-order valence-corrected chi connectivity index (χ0v) is 23.1. The Hall–Kier alpha value is -3.66. The largest absolute Gasteiger partial charge is 0.467 e. The van der Waals surface area contributed by atoms with E-state index < -0.39 is 10.0 Å². The average Bonchev–Trinajstić information content (AvgIpc) is 3.60. The Morgan fingerprint density at radius 1 is 1.00 bits per heavy atom. The Kier molecular flexibility index (Phi) is 7.25. The van der Waals surface area contributed by atoms with Gasteiger partial charge in [-0.3, -0.25) is 14.0 Å². The zero-order chi connectivity index (χ0) is 26.9. The summed E-state index contributed by atoms with van der Waals surface area (Å²) in [6.07, 6.45) is 1.55. The van der Waals surface area contributed by atoms with Crippen LogP contribution in [0.15, 0.2) is 94.4 Å². The van der Waals surface area contributed by atoms with Gasteiger partial charge in [0, 0.05) is 17.1 Å². The molecule has 0 spiro atoms. The molecule has 0 aliphatic carbocycles. The molecule has 194 valence electrons. The fourth-order valence-electron chi connectivity index (χ4n) is 4.13. The van der Waals surface area contributed by atoms with Gasteiger partial charge in [-0.2, -0.15) is 0 Å². The van der Waals surface area contributed by atoms with Gasteiger partial charge in [0.25, 0.3) is 15.9 Å². The Morgan fingerprint density at radius 3 is 2.39 bits per heavy atom. The number of hydrogen-bond donors (Lipinski definition) is 0. The SMILES string of the molecule is CCN(c1ccccc1)S(=O)(=O)c1ccc(C(=O)N(Cc2ccco2)c2nc3c(C)c(Cl)ccc3s2)cc1. The number of para-hydroxylation sites is 1. The number of aromatic nitrogens is 1. The summed E-state index contributed by atoms with van der Waals surface area (Å²) in [6.45, 7) is 4.10. The number of rotatable bonds is 8. The zero-order valence-electron chi connectivity index (χ0n) is 20.7. The molecule has 38 heavy (non-hydrogen) atoms. The molecule has 0 saturated carbocycles. The van der Waals surface area contributed by atoms with E-state index in [0.717, 1.165) is 15.8 Å². The first-order valence-corrected chi connectivity index (χ1v) is 14.5. The third-order valence-electron chi connectivity index (χ3n) is 6.13. The molecule has 3 aromatic carbocycles. The molecule has 0 radical (unpaired) electrons. The van der Waals surface area contributed by atoms with Crippen molar-refractivity contribution in [2.45, 2.75) is 25.3 Å². The number of carbonyl (C=O) groups is 1. The Bertz CT molecular complexity index is 1680. The molecule has 10 heteroatoms. The molecule has 0 atom stereocenters. The number of halogens is 1. The second-order valence-electron chi connectivity index (χ2n) is 8.52. The van der Waals surface area contributed by atoms with Gasteiger partial charge >= 0.3 is 0 Å². The maximum atomic E-state index is 13.7. The van der Waals surface area contributed by atoms with Crippen LogP contribution < -0.4 is 9.21 Å². The Morgan fingerprint density at radius 2 is 1.74 bits per heavy atom. The summed E-state index contributed by atoms with van der Waals surface area (Å²) < 4.78 is 34.5. The lowest BCUT2D eigenvalue weighted by molar-refractivity contribution is 0.0983. The lowest BCUT2D eigenvalue weighted by Crippen LogP contribution is -2.31. The number of hydrogen-bond acceptors (Lipinski definition) is 6. The fourth-order valence-corrected chi connectivity index (χ4v) is 6.78. The molecular formula is C28H24ClN3O4S2. The summed E-state index contributed by atoms with van der Waals surface area (Å²) in [4.78, 5) is 20.1. The van der Waals surface area contributed by atoms with Crippen LogP contribution in [0.4, 0.5) is 10.8 Å². The number of amides is 1. The smallest absolute Gasteiger partial charge is 0.264 e. The van der Waals surface area contributed by atoms with Crippen LogP contribution in [0.1, 0.15) is 28.6 Å². The number of anilines is 2. The molecule has 0 bridgehead atoms. The van der Waals surface area contributed by atoms with Gasteiger partial charge in [-0.15, -0.1) is 0 Å². The second-order valence-corrected chi connectivity index (χ2v) is 11.8. The molecular weight excluding hydrogens is 542 g/mol. The van der Waals surface area contributed by atoms with Crippen LogP contribution in [0.3, 0.4) is 0 Å². The Balaban J connectivity index is 1.49. The first kappa shape index (κ1) is 26.0. The van der Waals surface area contributed by atoms with Gasteiger partial charge < -0.3 is 4.42 Å². The summed E-state index contributed by atoms with van der Waals surface area (Å²) in [7, 11) is -3.82. The molecule has 5 rings (SSSR count). The standard InChI is InChI=1S/C28H24ClN3O4S2/c1-3-32(21-8-5-4-6-9-21)38(34,35)23-13-11-20(12-14-23)27(33)31(18-22-10-7-17-36-22)28-30-26-19(2)24(29)15-16-25(26)37-28/h4-17H,3,18H2,1-2H3. The molecule has 7 nitrogen and oxygen atoms in total. The first-order chi connectivity index (χ1) is 18.3. The van der Waals surface area contributed by atoms with E-state index >= 15 is 0 Å². The summed E-state index contributed by atoms with van der Waals surface area (Å²) in [5, 5.41) is 1.09. The predicted octanol–water partition coefficient (Wildman–Crippen LogP) is 6.91. The van der Waals surface area contributed by atoms with Crippen molar-refractivity contribution in [3.05, 3.63) is 107 Å². The molecule has 0 aliphatic heterocycles. The van der Waals surface area contributed by atoms with Crippen molar-refractivity contribution in [3.8, 4) is 0 Å². The minimum atomic E-state index is -3.82. The molecule has 5 aromatic rings. The quantitative estimate of drug-likeness (QED) is 0.204. The molecule has 2 aromatic heterocycles. The van der Waals surface area contributed by atoms with Gasteiger partial charge in [-0.25, -0.2) is 13.4 Å². The molecule has 0 fully saturated rings. The van der Waals surface area contributed by atoms with E-state index in [1.807, 2.05) is 25.1 Å². The van der Waals surface area contributed by atoms with Crippen LogP contribution in [0.5, 0.6) is 0 Å². The molecule has 2 heterocycles. The fraction of sp³-hybridized carbons (Fsp3) is 0.143. The average molecular weight is 566 g/mol. The van der Waals surface area contributed by atoms with E-state index in [1.54, 1.807) is 49.6 Å². The monoisotopic (exact) mass is 565 g/mol. The third-order valence-corrected chi connectivity index (χ3v) is 9.50. The van der Waals surface area contributed by atoms with Gasteiger partial charge in [-0.1, -0.05) is 41.1 Å². The number of benzene rings is 3. The van der Waals surface area contributed by atoms with Crippen molar-refractivity contribution < 1.29 is 17.6 Å². The number of fused-ring (bicyclic) bond motifs is 1. The maximum Gasteiger partial charge on any atom is 0.264 e. The third kappa shape index (κ3) is 4.92. The van der Waals surface area contributed by atoms with E-state index in [4.69, 9.17) is 21.0 Å². The molecule has 1 amide bonds. The van der Waals surface area contributed by atoms with Gasteiger partial charge in [0.05, 0.1) is 33.6 Å². The number of carbonyl (C=O) groups excluding carboxylic acids is 1. The van der Waals surface area contributed by atoms with Crippen molar-refractivity contribution in [1.82, 2.24) is 4.98 Å². The first-order valence-electron chi connectivity index (χ1n) is 11.9. The lowest BCUT2D eigenvalue weighted by Gasteiger charge is -2.23. The molecule has 0 unspecified atom stereocenters. The Labute approximate surface area is 230 Å². The molecule has 0 saturated heterocycles. The van der Waals surface area contributed by atoms with Crippen LogP contribution in [0.25, 0.3) is 10.2 Å². The van der Waals surface area contributed by atoms with Crippen LogP contribution in [-0.4, -0.2) is 25.9 Å². The van der Waals surface area contributed by atoms with E-state index in [0.29, 0.717) is 27.2 Å². The highest BCUT2D eigenvalue weighted by Crippen LogP contribution is 2.35. The number of sulfonamides is 1. The number of thiazole rings is 1. The molecule has 0 aliphatic rings. The van der Waals surface area contributed by atoms with Crippen molar-refractivity contribution >= 4 is 59.9 Å². The van der Waals surface area contributed by atoms with Gasteiger partial charge in [-0.05, 0) is 80.1 Å². The van der Waals surface area contributed by atoms with Crippen molar-refractivity contribution in [2.24, 2.45) is 0 Å². The highest BCUT2D eigenvalue weighted by atomic mass is 35.5. The molecule has 0 N–H and O–H groups in total. The van der Waals surface area contributed by atoms with Crippen molar-refractivity contribution in [3.63, 3.8) is 0 Å². The highest BCUT2D eigenvalue weighted by Gasteiger charge is 2.26. The summed E-state index contributed by atoms with van der Waals surface area (Å²) in [5.74, 6) is 0.261. The summed E-state index contributed by atoms with van der Waals surface area (Å²) in [6, 6.07) is 22.1. The van der Waals surface area contributed by atoms with E-state index in [9.17, 15) is 13.2 Å². The van der Waals surface area contributed by atoms with E-state index in [-0.39, 0.29) is 23.9 Å². The normalized spacial score (nSPS) is 11.6. The van der Waals surface area contributed by atoms with Gasteiger partial charge in [0.2, 0.25) is 0 Å². The predicted molar refractivity (Wildman–Crippen MR) is 152 cm³/mol. The van der Waals surface area contributed by atoms with Crippen molar-refractivity contribution in [2.75, 3.05) is 15.7 Å². The van der Waals surface area contributed by atoms with Crippen LogP contribution >= 0.6 is 22.9 Å². The van der Waals surface area contributed by atoms with Crippen molar-refractivity contribution in [1.29, 1.82) is 0 Å². The maximum absolute atomic E-state index is 13.7. The summed E-state index contributed by atoms with van der Waals surface area (Å²) in [5.41, 5.74) is 2.47. The van der Waals surface area contributed by atoms with E-state index in [2.05, 4.69) is 0 Å². The minimum absolute atomic E-state index is 0.0996. The number of furan rings is 1. The summed E-state index contributed by atoms with van der Waals surface area (Å²) >= 11 is 7.67. The second kappa shape index (κ2) is 10.6. The van der Waals surface area contributed by atoms with Crippen LogP contribution in [-0.2, 0) is 16.6 Å². The van der Waals surface area contributed by atoms with E-state index in [1.165, 1.54) is 44.8 Å². The lowest BCUT2D eigenvalue weighted by atomic mass is 10.2. The number of aryl methyl sites for hydroxylation is 1. The van der Waals surface area contributed by atoms with Gasteiger partial charge in [0.1, 0.15) is 5.76 Å². The van der Waals surface area contributed by atoms with Gasteiger partial charge in [0.15, 0.2) is 5.13 Å². The van der Waals surface area contributed by atoms with Crippen LogP contribution in [0, 0.1) is 6.92 Å². The highest BCUT2D eigenvalue weighted by molar-refractivity contribution is 7.92. The number of nitrogens with zero attached hydrogens (tertiary/aromatic N) is 3. The van der Waals surface area contributed by atoms with Crippen LogP contribution in [0.2, 0.25) is 5.02 Å². The minimum Gasteiger partial charge on any atom is -0.467 e.